The zero-order valence-electron chi connectivity index (χ0n) is 26.6. The van der Waals surface area contributed by atoms with Crippen molar-refractivity contribution < 1.29 is 37.5 Å². The quantitative estimate of drug-likeness (QED) is 0.0848. The number of pyridine rings is 6. The molecule has 0 fully saturated rings. The first-order chi connectivity index (χ1) is 23.8. The van der Waals surface area contributed by atoms with Crippen LogP contribution >= 0.6 is 0 Å². The summed E-state index contributed by atoms with van der Waals surface area (Å²) in [6.07, 6.45) is 10.00. The Labute approximate surface area is 309 Å². The maximum absolute atomic E-state index is 8.25. The molecule has 0 radical (unpaired) electrons. The van der Waals surface area contributed by atoms with Gasteiger partial charge in [0.25, 0.3) is 0 Å². The summed E-state index contributed by atoms with van der Waals surface area (Å²) in [6, 6.07) is 21.3. The summed E-state index contributed by atoms with van der Waals surface area (Å²) in [5.41, 5.74) is 41.8. The Morgan fingerprint density at radius 1 is 0.353 bits per heavy atom. The minimum atomic E-state index is -1.75. The van der Waals surface area contributed by atoms with E-state index in [1.807, 2.05) is 0 Å². The summed E-state index contributed by atoms with van der Waals surface area (Å²) >= 11 is 0. The van der Waals surface area contributed by atoms with Crippen LogP contribution in [0.3, 0.4) is 0 Å². The fourth-order valence-corrected chi connectivity index (χ4v) is 3.69. The normalized spacial score (nSPS) is 9.18. The van der Waals surface area contributed by atoms with Gasteiger partial charge in [-0.1, -0.05) is 0 Å². The largest absolute Gasteiger partial charge is 2.00 e. The van der Waals surface area contributed by atoms with E-state index >= 15 is 0 Å². The molecule has 6 aromatic rings. The maximum Gasteiger partial charge on any atom is 2.00 e. The molecule has 258 valence electrons. The van der Waals surface area contributed by atoms with E-state index in [2.05, 4.69) is 29.9 Å². The van der Waals surface area contributed by atoms with Gasteiger partial charge in [0.2, 0.25) is 0 Å². The topological polar surface area (TPSA) is 366 Å². The minimum absolute atomic E-state index is 0. The van der Waals surface area contributed by atoms with Gasteiger partial charge >= 0.3 is 27.3 Å². The molecule has 0 atom stereocenters. The van der Waals surface area contributed by atoms with Crippen molar-refractivity contribution in [3.63, 3.8) is 0 Å². The molecule has 6 aromatic heterocycles. The average molecular weight is 795 g/mol. The van der Waals surface area contributed by atoms with Gasteiger partial charge in [-0.25, -0.2) is 0 Å². The van der Waals surface area contributed by atoms with Gasteiger partial charge in [-0.05, 0) is 72.8 Å². The molecule has 0 bridgehead atoms. The van der Waals surface area contributed by atoms with Gasteiger partial charge < -0.3 is 65.0 Å². The molecule has 51 heavy (non-hydrogen) atoms. The molecule has 21 heteroatoms. The summed E-state index contributed by atoms with van der Waals surface area (Å²) < 4.78 is 0. The Morgan fingerprint density at radius 3 is 0.569 bits per heavy atom. The van der Waals surface area contributed by atoms with E-state index in [4.69, 9.17) is 65.0 Å². The van der Waals surface area contributed by atoms with Crippen molar-refractivity contribution >= 4 is 34.1 Å². The number of hydrogen-bond acceptors (Lipinski definition) is 18. The molecule has 6 heterocycles. The van der Waals surface area contributed by atoms with Gasteiger partial charge in [0.1, 0.15) is 34.2 Å². The Morgan fingerprint density at radius 2 is 0.471 bits per heavy atom. The monoisotopic (exact) mass is 796 g/mol. The summed E-state index contributed by atoms with van der Waals surface area (Å²) in [7, 11) is 0. The summed E-state index contributed by atoms with van der Waals surface area (Å²) in [6.45, 7) is 0. The van der Waals surface area contributed by atoms with Crippen LogP contribution in [0, 0.1) is 30.6 Å². The van der Waals surface area contributed by atoms with Crippen molar-refractivity contribution in [1.29, 1.82) is 0 Å². The Hall–Kier alpha value is -6.98. The first-order valence-electron chi connectivity index (χ1n) is 13.7. The van der Waals surface area contributed by atoms with E-state index < -0.39 is 10.2 Å². The van der Waals surface area contributed by atoms with Crippen LogP contribution in [0.1, 0.15) is 0 Å². The second-order valence-electron chi connectivity index (χ2n) is 9.09. The Balaban J connectivity index is 0.000000343. The smallest absolute Gasteiger partial charge is 0.397 e. The Bertz CT molecular complexity index is 1650. The van der Waals surface area contributed by atoms with Crippen molar-refractivity contribution in [3.05, 3.63) is 141 Å². The second-order valence-corrected chi connectivity index (χ2v) is 9.09. The van der Waals surface area contributed by atoms with Crippen molar-refractivity contribution in [2.75, 3.05) is 34.4 Å². The van der Waals surface area contributed by atoms with E-state index in [9.17, 15) is 0 Å². The second kappa shape index (κ2) is 21.8. The predicted octanol–water partition coefficient (Wildman–Crippen LogP) is 3.44. The van der Waals surface area contributed by atoms with Gasteiger partial charge in [0.05, 0.1) is 44.3 Å². The van der Waals surface area contributed by atoms with Crippen LogP contribution in [-0.2, 0) is 27.3 Å². The van der Waals surface area contributed by atoms with Crippen LogP contribution in [0.15, 0.2) is 110 Å². The average Bonchev–Trinajstić information content (AvgIpc) is 3.07. The number of anilines is 6. The third kappa shape index (κ3) is 14.4. The maximum atomic E-state index is 8.25. The van der Waals surface area contributed by atoms with Crippen molar-refractivity contribution in [1.82, 2.24) is 29.9 Å². The first-order valence-corrected chi connectivity index (χ1v) is 13.7. The van der Waals surface area contributed by atoms with E-state index in [-0.39, 0.29) is 27.3 Å². The van der Waals surface area contributed by atoms with E-state index in [1.54, 1.807) is 110 Å². The van der Waals surface area contributed by atoms with Gasteiger partial charge in [0, 0.05) is 37.2 Å². The van der Waals surface area contributed by atoms with Gasteiger partial charge in [0.15, 0.2) is 0 Å². The standard InChI is InChI=1S/3C10H10N4.Cd.2NO3/c3*11-7-3-1-5-13-9(7)10-8(12)4-2-6-14-10;;2*2-1(3)4/h3*1-6H,11-12H2;;;/q;;;+2;2*-1. The minimum Gasteiger partial charge on any atom is -0.397 e. The number of nitrogens with zero attached hydrogens (tertiary/aromatic N) is 8. The zero-order valence-corrected chi connectivity index (χ0v) is 30.6. The summed E-state index contributed by atoms with van der Waals surface area (Å²) in [5, 5.41) is 29.5. The zero-order chi connectivity index (χ0) is 37.1. The van der Waals surface area contributed by atoms with Gasteiger partial charge in [-0.3, -0.25) is 29.9 Å². The number of aromatic nitrogens is 6. The SMILES string of the molecule is Nc1cccnc1-c1ncccc1N.Nc1cccnc1-c1ncccc1N.Nc1cccnc1-c1ncccc1N.O=[N+]([O-])[O-].O=[N+]([O-])[O-].[Cd+2]. The molecule has 12 N–H and O–H groups in total. The fourth-order valence-electron chi connectivity index (χ4n) is 3.69. The van der Waals surface area contributed by atoms with Crippen molar-refractivity contribution in [2.45, 2.75) is 0 Å². The molecule has 0 spiro atoms. The van der Waals surface area contributed by atoms with E-state index in [1.165, 1.54) is 0 Å². The van der Waals surface area contributed by atoms with Gasteiger partial charge in [-0.15, -0.1) is 0 Å². The van der Waals surface area contributed by atoms with Crippen LogP contribution in [0.25, 0.3) is 34.2 Å². The van der Waals surface area contributed by atoms with Crippen LogP contribution in [-0.4, -0.2) is 40.1 Å². The molecule has 0 aliphatic heterocycles. The van der Waals surface area contributed by atoms with Gasteiger partial charge in [-0.2, -0.15) is 0 Å². The summed E-state index contributed by atoms with van der Waals surface area (Å²) in [5.74, 6) is 0. The molecule has 0 unspecified atom stereocenters. The van der Waals surface area contributed by atoms with Crippen LogP contribution < -0.4 is 34.4 Å². The van der Waals surface area contributed by atoms with Crippen molar-refractivity contribution in [2.24, 2.45) is 0 Å². The molecule has 0 aliphatic rings. The van der Waals surface area contributed by atoms with E-state index in [0.717, 1.165) is 0 Å². The molecule has 0 aliphatic carbocycles. The molecular weight excluding hydrogens is 765 g/mol. The molecule has 6 rings (SSSR count). The molecule has 0 saturated carbocycles. The first kappa shape index (κ1) is 42.0. The van der Waals surface area contributed by atoms with Crippen molar-refractivity contribution in [3.8, 4) is 34.2 Å². The molecular formula is C30H30CdN14O6. The molecule has 0 saturated heterocycles. The Kier molecular flexibility index (Phi) is 18.0. The number of hydrogen-bond donors (Lipinski definition) is 6. The van der Waals surface area contributed by atoms with Crippen LogP contribution in [0.5, 0.6) is 0 Å². The fraction of sp³-hybridized carbons (Fsp3) is 0. The third-order valence-electron chi connectivity index (χ3n) is 5.71. The third-order valence-corrected chi connectivity index (χ3v) is 5.71. The molecule has 20 nitrogen and oxygen atoms in total. The van der Waals surface area contributed by atoms with E-state index in [0.29, 0.717) is 68.3 Å². The number of rotatable bonds is 3. The molecule has 0 aromatic carbocycles. The number of nitrogens with two attached hydrogens (primary N) is 6. The summed E-state index contributed by atoms with van der Waals surface area (Å²) in [4.78, 5) is 41.4. The predicted molar refractivity (Wildman–Crippen MR) is 190 cm³/mol. The molecule has 0 amide bonds. The van der Waals surface area contributed by atoms with Crippen LogP contribution in [0.4, 0.5) is 34.1 Å². The number of nitrogen functional groups attached to an aromatic ring is 6. The van der Waals surface area contributed by atoms with Crippen LogP contribution in [0.2, 0.25) is 0 Å².